The summed E-state index contributed by atoms with van der Waals surface area (Å²) in [5.41, 5.74) is 2.04. The van der Waals surface area contributed by atoms with Gasteiger partial charge in [-0.15, -0.1) is 0 Å². The van der Waals surface area contributed by atoms with E-state index in [0.29, 0.717) is 18.5 Å². The van der Waals surface area contributed by atoms with Crippen molar-refractivity contribution in [3.8, 4) is 0 Å². The average molecular weight is 360 g/mol. The average Bonchev–Trinajstić information content (AvgIpc) is 2.57. The van der Waals surface area contributed by atoms with Gasteiger partial charge in [0.2, 0.25) is 5.91 Å². The fourth-order valence-corrected chi connectivity index (χ4v) is 3.94. The van der Waals surface area contributed by atoms with Crippen LogP contribution in [0.25, 0.3) is 6.08 Å². The number of halogens is 1. The van der Waals surface area contributed by atoms with E-state index in [1.165, 1.54) is 19.1 Å². The molecule has 0 radical (unpaired) electrons. The van der Waals surface area contributed by atoms with E-state index >= 15 is 0 Å². The molecule has 0 aromatic heterocycles. The van der Waals surface area contributed by atoms with Crippen LogP contribution >= 0.6 is 0 Å². The van der Waals surface area contributed by atoms with Crippen LogP contribution in [-0.4, -0.2) is 14.3 Å². The normalized spacial score (nSPS) is 13.6. The second-order valence-corrected chi connectivity index (χ2v) is 7.53. The summed E-state index contributed by atoms with van der Waals surface area (Å²) in [7, 11) is -3.89. The van der Waals surface area contributed by atoms with Gasteiger partial charge in [-0.3, -0.25) is 9.52 Å². The molecule has 7 heteroatoms. The minimum Gasteiger partial charge on any atom is -0.326 e. The van der Waals surface area contributed by atoms with Crippen molar-refractivity contribution in [1.29, 1.82) is 0 Å². The molecule has 0 fully saturated rings. The number of amides is 1. The molecular formula is C18H17FN2O3S. The zero-order valence-corrected chi connectivity index (χ0v) is 14.4. The van der Waals surface area contributed by atoms with Crippen LogP contribution in [0.1, 0.15) is 24.5 Å². The number of allylic oxidation sites excluding steroid dienone is 1. The van der Waals surface area contributed by atoms with Gasteiger partial charge in [0.15, 0.2) is 0 Å². The molecular weight excluding hydrogens is 343 g/mol. The van der Waals surface area contributed by atoms with Gasteiger partial charge in [0.1, 0.15) is 5.82 Å². The van der Waals surface area contributed by atoms with Gasteiger partial charge >= 0.3 is 0 Å². The van der Waals surface area contributed by atoms with Gasteiger partial charge in [-0.25, -0.2) is 12.8 Å². The first kappa shape index (κ1) is 17.2. The van der Waals surface area contributed by atoms with Gasteiger partial charge in [0.05, 0.1) is 10.6 Å². The Bertz CT molecular complexity index is 968. The van der Waals surface area contributed by atoms with Crippen molar-refractivity contribution in [3.63, 3.8) is 0 Å². The topological polar surface area (TPSA) is 75.3 Å². The summed E-state index contributed by atoms with van der Waals surface area (Å²) >= 11 is 0. The van der Waals surface area contributed by atoms with Crippen LogP contribution in [0.2, 0.25) is 0 Å². The largest absolute Gasteiger partial charge is 0.326 e. The van der Waals surface area contributed by atoms with E-state index in [9.17, 15) is 17.6 Å². The third kappa shape index (κ3) is 3.88. The number of rotatable bonds is 4. The molecule has 0 unspecified atom stereocenters. The molecule has 2 N–H and O–H groups in total. The fraction of sp³-hybridized carbons (Fsp3) is 0.167. The lowest BCUT2D eigenvalue weighted by Crippen LogP contribution is -2.18. The Hall–Kier alpha value is -2.67. The summed E-state index contributed by atoms with van der Waals surface area (Å²) in [5.74, 6) is -1.04. The number of carbonyl (C=O) groups excluding carboxylic acids is 1. The fourth-order valence-electron chi connectivity index (χ4n) is 2.71. The van der Waals surface area contributed by atoms with Crippen LogP contribution < -0.4 is 10.0 Å². The molecule has 1 aliphatic carbocycles. The molecule has 0 saturated heterocycles. The molecule has 0 atom stereocenters. The van der Waals surface area contributed by atoms with E-state index in [1.807, 2.05) is 24.3 Å². The minimum atomic E-state index is -3.89. The lowest BCUT2D eigenvalue weighted by Gasteiger charge is -2.18. The highest BCUT2D eigenvalue weighted by Crippen LogP contribution is 2.29. The van der Waals surface area contributed by atoms with Crippen LogP contribution in [0, 0.1) is 5.82 Å². The zero-order valence-electron chi connectivity index (χ0n) is 13.5. The monoisotopic (exact) mass is 360 g/mol. The van der Waals surface area contributed by atoms with Gasteiger partial charge in [-0.05, 0) is 48.2 Å². The van der Waals surface area contributed by atoms with Gasteiger partial charge in [0, 0.05) is 12.6 Å². The molecule has 2 aromatic rings. The lowest BCUT2D eigenvalue weighted by atomic mass is 9.98. The van der Waals surface area contributed by atoms with E-state index in [2.05, 4.69) is 10.0 Å². The highest BCUT2D eigenvalue weighted by atomic mass is 32.2. The van der Waals surface area contributed by atoms with Crippen LogP contribution in [0.3, 0.4) is 0 Å². The molecule has 2 aromatic carbocycles. The maximum Gasteiger partial charge on any atom is 0.258 e. The predicted octanol–water partition coefficient (Wildman–Crippen LogP) is 3.51. The van der Waals surface area contributed by atoms with Gasteiger partial charge in [-0.2, -0.15) is 0 Å². The maximum atomic E-state index is 14.0. The Balaban J connectivity index is 1.90. The quantitative estimate of drug-likeness (QED) is 0.876. The standard InChI is InChI=1S/C18H17FN2O3S/c1-12(22)20-15-7-9-17(19)18(11-15)21-25(23,24)16-8-6-13-4-2-3-5-14(13)10-16/h2-5,7,9-11,21H,6,8H2,1H3,(H,20,22). The van der Waals surface area contributed by atoms with Crippen molar-refractivity contribution in [2.24, 2.45) is 0 Å². The molecule has 130 valence electrons. The van der Waals surface area contributed by atoms with Crippen LogP contribution in [0.15, 0.2) is 47.4 Å². The number of anilines is 2. The number of carbonyl (C=O) groups is 1. The van der Waals surface area contributed by atoms with E-state index in [1.54, 1.807) is 6.08 Å². The molecule has 1 aliphatic rings. The van der Waals surface area contributed by atoms with Crippen LogP contribution in [-0.2, 0) is 21.2 Å². The van der Waals surface area contributed by atoms with Crippen molar-refractivity contribution < 1.29 is 17.6 Å². The summed E-state index contributed by atoms with van der Waals surface area (Å²) in [6.07, 6.45) is 2.56. The van der Waals surface area contributed by atoms with E-state index in [4.69, 9.17) is 0 Å². The van der Waals surface area contributed by atoms with Crippen molar-refractivity contribution in [2.45, 2.75) is 19.8 Å². The van der Waals surface area contributed by atoms with Crippen molar-refractivity contribution >= 4 is 33.4 Å². The maximum absolute atomic E-state index is 14.0. The SMILES string of the molecule is CC(=O)Nc1ccc(F)c(NS(=O)(=O)C2=Cc3ccccc3CC2)c1. The van der Waals surface area contributed by atoms with E-state index in [0.717, 1.165) is 17.2 Å². The second-order valence-electron chi connectivity index (χ2n) is 5.79. The van der Waals surface area contributed by atoms with Crippen molar-refractivity contribution in [1.82, 2.24) is 0 Å². The molecule has 1 amide bonds. The Morgan fingerprint density at radius 1 is 1.12 bits per heavy atom. The van der Waals surface area contributed by atoms with Crippen LogP contribution in [0.4, 0.5) is 15.8 Å². The highest BCUT2D eigenvalue weighted by molar-refractivity contribution is 7.96. The summed E-state index contributed by atoms with van der Waals surface area (Å²) in [4.78, 5) is 11.3. The Morgan fingerprint density at radius 2 is 1.88 bits per heavy atom. The predicted molar refractivity (Wildman–Crippen MR) is 96.0 cm³/mol. The molecule has 25 heavy (non-hydrogen) atoms. The van der Waals surface area contributed by atoms with Crippen LogP contribution in [0.5, 0.6) is 0 Å². The first-order valence-corrected chi connectivity index (χ1v) is 9.22. The number of sulfonamides is 1. The molecule has 0 spiro atoms. The molecule has 0 heterocycles. The van der Waals surface area contributed by atoms with Gasteiger partial charge < -0.3 is 5.32 Å². The molecule has 0 bridgehead atoms. The summed E-state index contributed by atoms with van der Waals surface area (Å²) in [6.45, 7) is 1.32. The molecule has 5 nitrogen and oxygen atoms in total. The smallest absolute Gasteiger partial charge is 0.258 e. The van der Waals surface area contributed by atoms with Crippen molar-refractivity contribution in [2.75, 3.05) is 10.0 Å². The van der Waals surface area contributed by atoms with E-state index in [-0.39, 0.29) is 16.5 Å². The molecule has 0 saturated carbocycles. The third-order valence-electron chi connectivity index (χ3n) is 3.89. The van der Waals surface area contributed by atoms with Crippen molar-refractivity contribution in [3.05, 3.63) is 64.3 Å². The Kier molecular flexibility index (Phi) is 4.59. The van der Waals surface area contributed by atoms with Gasteiger partial charge in [-0.1, -0.05) is 24.3 Å². The van der Waals surface area contributed by atoms with E-state index < -0.39 is 15.8 Å². The highest BCUT2D eigenvalue weighted by Gasteiger charge is 2.23. The number of hydrogen-bond donors (Lipinski definition) is 2. The zero-order chi connectivity index (χ0) is 18.0. The summed E-state index contributed by atoms with van der Waals surface area (Å²) < 4.78 is 41.5. The molecule has 3 rings (SSSR count). The number of nitrogens with one attached hydrogen (secondary N) is 2. The number of benzene rings is 2. The first-order valence-electron chi connectivity index (χ1n) is 7.73. The number of hydrogen-bond acceptors (Lipinski definition) is 3. The minimum absolute atomic E-state index is 0.203. The summed E-state index contributed by atoms with van der Waals surface area (Å²) in [5, 5.41) is 2.50. The number of aryl methyl sites for hydroxylation is 1. The Morgan fingerprint density at radius 3 is 2.64 bits per heavy atom. The lowest BCUT2D eigenvalue weighted by molar-refractivity contribution is -0.114. The third-order valence-corrected chi connectivity index (χ3v) is 5.39. The first-order chi connectivity index (χ1) is 11.8. The molecule has 0 aliphatic heterocycles. The Labute approximate surface area is 145 Å². The van der Waals surface area contributed by atoms with Gasteiger partial charge in [0.25, 0.3) is 10.0 Å². The second kappa shape index (κ2) is 6.68. The number of fused-ring (bicyclic) bond motifs is 1. The summed E-state index contributed by atoms with van der Waals surface area (Å²) in [6, 6.07) is 11.3.